The quantitative estimate of drug-likeness (QED) is 0.742. The summed E-state index contributed by atoms with van der Waals surface area (Å²) in [5.74, 6) is 0.385. The summed E-state index contributed by atoms with van der Waals surface area (Å²) in [6, 6.07) is 16.5. The maximum Gasteiger partial charge on any atom is 0.136 e. The summed E-state index contributed by atoms with van der Waals surface area (Å²) in [6.45, 7) is 0. The molecule has 4 heteroatoms. The zero-order chi connectivity index (χ0) is 16.7. The highest BCUT2D eigenvalue weighted by molar-refractivity contribution is 6.32. The van der Waals surface area contributed by atoms with Crippen molar-refractivity contribution in [2.45, 2.75) is 43.8 Å². The average molecular weight is 360 g/mol. The van der Waals surface area contributed by atoms with E-state index in [-0.39, 0.29) is 18.1 Å². The van der Waals surface area contributed by atoms with Gasteiger partial charge in [0.1, 0.15) is 5.78 Å². The Morgan fingerprint density at radius 3 is 1.75 bits per heavy atom. The number of nitrogens with zero attached hydrogens (tertiary/aromatic N) is 1. The Kier molecular flexibility index (Phi) is 4.38. The molecule has 0 spiro atoms. The Morgan fingerprint density at radius 2 is 1.29 bits per heavy atom. The van der Waals surface area contributed by atoms with Gasteiger partial charge in [0.15, 0.2) is 0 Å². The topological polar surface area (TPSA) is 20.3 Å². The number of benzene rings is 2. The van der Waals surface area contributed by atoms with Gasteiger partial charge in [0.25, 0.3) is 0 Å². The third kappa shape index (κ3) is 2.77. The largest absolute Gasteiger partial charge is 0.300 e. The van der Waals surface area contributed by atoms with Crippen LogP contribution >= 0.6 is 23.2 Å². The number of hydrogen-bond acceptors (Lipinski definition) is 2. The number of carbonyl (C=O) groups is 1. The lowest BCUT2D eigenvalue weighted by Crippen LogP contribution is -2.45. The number of Topliss-reactive ketones (excluding diaryl/α,β-unsaturated/α-hetero) is 1. The van der Waals surface area contributed by atoms with E-state index in [0.29, 0.717) is 18.6 Å². The van der Waals surface area contributed by atoms with Crippen molar-refractivity contribution in [1.29, 1.82) is 0 Å². The minimum absolute atomic E-state index is 0.00185. The van der Waals surface area contributed by atoms with E-state index < -0.39 is 0 Å². The maximum absolute atomic E-state index is 12.0. The second-order valence-electron chi connectivity index (χ2n) is 6.72. The predicted octanol–water partition coefficient (Wildman–Crippen LogP) is 5.28. The molecule has 0 radical (unpaired) electrons. The first-order chi connectivity index (χ1) is 11.6. The van der Waals surface area contributed by atoms with E-state index in [9.17, 15) is 4.79 Å². The highest BCUT2D eigenvalue weighted by Gasteiger charge is 2.45. The van der Waals surface area contributed by atoms with E-state index in [4.69, 9.17) is 23.2 Å². The molecule has 24 heavy (non-hydrogen) atoms. The molecule has 2 aromatic carbocycles. The van der Waals surface area contributed by atoms with Gasteiger partial charge in [-0.1, -0.05) is 59.6 Å². The molecular formula is C20H19Cl2NO. The van der Waals surface area contributed by atoms with Crippen LogP contribution in [0.1, 0.15) is 42.9 Å². The maximum atomic E-state index is 12.0. The van der Waals surface area contributed by atoms with Crippen LogP contribution in [0.25, 0.3) is 0 Å². The van der Waals surface area contributed by atoms with Crippen molar-refractivity contribution < 1.29 is 4.79 Å². The van der Waals surface area contributed by atoms with Gasteiger partial charge in [-0.25, -0.2) is 0 Å². The Labute approximate surface area is 152 Å². The average Bonchev–Trinajstić information content (AvgIpc) is 2.82. The molecule has 4 rings (SSSR count). The first-order valence-electron chi connectivity index (χ1n) is 8.43. The molecule has 2 fully saturated rings. The number of fused-ring (bicyclic) bond motifs is 2. The Balaban J connectivity index is 1.85. The van der Waals surface area contributed by atoms with Crippen molar-refractivity contribution >= 4 is 29.0 Å². The molecule has 2 nitrogen and oxygen atoms in total. The molecule has 2 atom stereocenters. The van der Waals surface area contributed by atoms with E-state index in [1.165, 1.54) is 0 Å². The van der Waals surface area contributed by atoms with Gasteiger partial charge in [0.2, 0.25) is 0 Å². The van der Waals surface area contributed by atoms with Crippen molar-refractivity contribution in [2.75, 3.05) is 0 Å². The van der Waals surface area contributed by atoms with Crippen molar-refractivity contribution in [2.24, 2.45) is 0 Å². The van der Waals surface area contributed by atoms with Gasteiger partial charge in [-0.3, -0.25) is 9.69 Å². The number of piperidine rings is 1. The molecule has 2 saturated heterocycles. The Morgan fingerprint density at radius 1 is 0.833 bits per heavy atom. The molecule has 2 aliphatic rings. The minimum Gasteiger partial charge on any atom is -0.300 e. The van der Waals surface area contributed by atoms with Crippen LogP contribution in [0.4, 0.5) is 0 Å². The lowest BCUT2D eigenvalue weighted by atomic mass is 9.91. The fraction of sp³-hybridized carbons (Fsp3) is 0.350. The number of rotatable bonds is 3. The predicted molar refractivity (Wildman–Crippen MR) is 97.6 cm³/mol. The summed E-state index contributed by atoms with van der Waals surface area (Å²) in [5, 5.41) is 1.50. The normalized spacial score (nSPS) is 23.9. The van der Waals surface area contributed by atoms with Crippen LogP contribution in [0, 0.1) is 0 Å². The molecule has 2 aromatic rings. The van der Waals surface area contributed by atoms with Crippen LogP contribution < -0.4 is 0 Å². The molecule has 2 unspecified atom stereocenters. The molecule has 2 heterocycles. The fourth-order valence-corrected chi connectivity index (χ4v) is 4.79. The molecule has 0 aliphatic carbocycles. The van der Waals surface area contributed by atoms with Crippen molar-refractivity contribution in [1.82, 2.24) is 4.90 Å². The molecule has 0 amide bonds. The lowest BCUT2D eigenvalue weighted by Gasteiger charge is -2.41. The first-order valence-corrected chi connectivity index (χ1v) is 9.18. The second kappa shape index (κ2) is 6.51. The van der Waals surface area contributed by atoms with Gasteiger partial charge >= 0.3 is 0 Å². The smallest absolute Gasteiger partial charge is 0.136 e. The van der Waals surface area contributed by atoms with Gasteiger partial charge < -0.3 is 0 Å². The van der Waals surface area contributed by atoms with Gasteiger partial charge in [-0.05, 0) is 36.1 Å². The standard InChI is InChI=1S/C20H19Cl2NO/c21-18-7-3-1-5-16(18)20(17-6-2-4-8-19(17)22)23-13-9-10-14(23)12-15(24)11-13/h1-8,13-14,20H,9-12H2. The minimum atomic E-state index is -0.00185. The van der Waals surface area contributed by atoms with Crippen molar-refractivity contribution in [3.05, 3.63) is 69.7 Å². The lowest BCUT2D eigenvalue weighted by molar-refractivity contribution is -0.124. The number of halogens is 2. The van der Waals surface area contributed by atoms with Gasteiger partial charge in [-0.2, -0.15) is 0 Å². The molecular weight excluding hydrogens is 341 g/mol. The van der Waals surface area contributed by atoms with E-state index in [1.54, 1.807) is 0 Å². The summed E-state index contributed by atoms with van der Waals surface area (Å²) in [7, 11) is 0. The van der Waals surface area contributed by atoms with E-state index in [1.807, 2.05) is 36.4 Å². The fourth-order valence-electron chi connectivity index (χ4n) is 4.31. The number of carbonyl (C=O) groups excluding carboxylic acids is 1. The van der Waals surface area contributed by atoms with Crippen LogP contribution in [0.5, 0.6) is 0 Å². The van der Waals surface area contributed by atoms with E-state index in [0.717, 1.165) is 34.0 Å². The van der Waals surface area contributed by atoms with Crippen LogP contribution in [0.2, 0.25) is 10.0 Å². The first kappa shape index (κ1) is 16.1. The molecule has 124 valence electrons. The van der Waals surface area contributed by atoms with Crippen LogP contribution in [0.3, 0.4) is 0 Å². The van der Waals surface area contributed by atoms with Crippen molar-refractivity contribution in [3.63, 3.8) is 0 Å². The number of hydrogen-bond donors (Lipinski definition) is 0. The Hall–Kier alpha value is -1.35. The SMILES string of the molecule is O=C1CC2CCC(C1)N2C(c1ccccc1Cl)c1ccccc1Cl. The summed E-state index contributed by atoms with van der Waals surface area (Å²) >= 11 is 13.1. The summed E-state index contributed by atoms with van der Waals surface area (Å²) < 4.78 is 0. The highest BCUT2D eigenvalue weighted by atomic mass is 35.5. The van der Waals surface area contributed by atoms with Crippen LogP contribution in [-0.2, 0) is 4.79 Å². The molecule has 2 aliphatic heterocycles. The molecule has 0 aromatic heterocycles. The van der Waals surface area contributed by atoms with Gasteiger partial charge in [0.05, 0.1) is 6.04 Å². The third-order valence-corrected chi connectivity index (χ3v) is 5.99. The van der Waals surface area contributed by atoms with Gasteiger partial charge in [0, 0.05) is 35.0 Å². The molecule has 0 saturated carbocycles. The van der Waals surface area contributed by atoms with E-state index in [2.05, 4.69) is 17.0 Å². The summed E-state index contributed by atoms with van der Waals surface area (Å²) in [5.41, 5.74) is 2.14. The third-order valence-electron chi connectivity index (χ3n) is 5.30. The van der Waals surface area contributed by atoms with Crippen molar-refractivity contribution in [3.8, 4) is 0 Å². The molecule has 0 N–H and O–H groups in total. The van der Waals surface area contributed by atoms with E-state index >= 15 is 0 Å². The van der Waals surface area contributed by atoms with Gasteiger partial charge in [-0.15, -0.1) is 0 Å². The zero-order valence-electron chi connectivity index (χ0n) is 13.3. The highest BCUT2D eigenvalue weighted by Crippen LogP contribution is 2.45. The van der Waals surface area contributed by atoms with Crippen LogP contribution in [-0.4, -0.2) is 22.8 Å². The summed E-state index contributed by atoms with van der Waals surface area (Å²) in [6.07, 6.45) is 3.42. The Bertz CT molecular complexity index is 714. The summed E-state index contributed by atoms with van der Waals surface area (Å²) in [4.78, 5) is 14.5. The zero-order valence-corrected chi connectivity index (χ0v) is 14.8. The molecule has 2 bridgehead atoms. The van der Waals surface area contributed by atoms with Crippen LogP contribution in [0.15, 0.2) is 48.5 Å². The number of ketones is 1. The second-order valence-corrected chi connectivity index (χ2v) is 7.54. The monoisotopic (exact) mass is 359 g/mol.